The van der Waals surface area contributed by atoms with Crippen LogP contribution in [-0.4, -0.2) is 47.9 Å². The first-order valence-corrected chi connectivity index (χ1v) is 13.6. The highest BCUT2D eigenvalue weighted by Gasteiger charge is 2.39. The molecule has 31 heavy (non-hydrogen) atoms. The molecule has 3 heterocycles. The lowest BCUT2D eigenvalue weighted by atomic mass is 9.72. The van der Waals surface area contributed by atoms with Crippen molar-refractivity contribution in [2.45, 2.75) is 70.3 Å². The first-order chi connectivity index (χ1) is 15.2. The van der Waals surface area contributed by atoms with E-state index in [0.717, 1.165) is 35.0 Å². The van der Waals surface area contributed by atoms with E-state index in [9.17, 15) is 4.79 Å². The van der Waals surface area contributed by atoms with Crippen LogP contribution in [-0.2, 0) is 11.2 Å². The van der Waals surface area contributed by atoms with E-state index in [1.54, 1.807) is 11.3 Å². The van der Waals surface area contributed by atoms with Crippen molar-refractivity contribution in [2.75, 3.05) is 26.2 Å². The Kier molecular flexibility index (Phi) is 6.87. The van der Waals surface area contributed by atoms with Gasteiger partial charge in [-0.1, -0.05) is 43.7 Å². The molecule has 1 aliphatic carbocycles. The van der Waals surface area contributed by atoms with Crippen LogP contribution in [0.4, 0.5) is 0 Å². The van der Waals surface area contributed by atoms with Crippen LogP contribution in [0.5, 0.6) is 0 Å². The Bertz CT molecular complexity index is 900. The molecule has 1 amide bonds. The van der Waals surface area contributed by atoms with E-state index in [4.69, 9.17) is 11.6 Å². The molecule has 0 bridgehead atoms. The third-order valence-electron chi connectivity index (χ3n) is 8.01. The second-order valence-corrected chi connectivity index (χ2v) is 11.3. The van der Waals surface area contributed by atoms with Crippen LogP contribution in [0.2, 0.25) is 5.02 Å². The molecule has 1 aromatic heterocycles. The number of rotatable bonds is 5. The van der Waals surface area contributed by atoms with E-state index in [0.29, 0.717) is 24.3 Å². The molecule has 3 aliphatic rings. The second kappa shape index (κ2) is 9.80. The Balaban J connectivity index is 1.37. The molecule has 2 aliphatic heterocycles. The minimum Gasteiger partial charge on any atom is -0.338 e. The summed E-state index contributed by atoms with van der Waals surface area (Å²) in [7, 11) is 0. The van der Waals surface area contributed by atoms with Crippen LogP contribution in [0.25, 0.3) is 10.1 Å². The number of fused-ring (bicyclic) bond motifs is 1. The number of benzene rings is 1. The second-order valence-electron chi connectivity index (χ2n) is 9.94. The summed E-state index contributed by atoms with van der Waals surface area (Å²) in [5.41, 5.74) is 1.15. The van der Waals surface area contributed by atoms with Crippen LogP contribution in [0.15, 0.2) is 23.6 Å². The lowest BCUT2D eigenvalue weighted by molar-refractivity contribution is -0.137. The first kappa shape index (κ1) is 21.7. The highest BCUT2D eigenvalue weighted by atomic mass is 35.5. The zero-order valence-electron chi connectivity index (χ0n) is 18.5. The summed E-state index contributed by atoms with van der Waals surface area (Å²) < 4.78 is 1.22. The quantitative estimate of drug-likeness (QED) is 0.518. The SMILES string of the molecule is O=C(Cc1csc2ccc(Cl)cc12)N1CCC[C@H](C2CCCCC2)[C@@H]1CN1CCCC1. The molecule has 3 fully saturated rings. The molecule has 1 saturated carbocycles. The molecule has 2 saturated heterocycles. The van der Waals surface area contributed by atoms with Crippen molar-refractivity contribution in [3.63, 3.8) is 0 Å². The summed E-state index contributed by atoms with van der Waals surface area (Å²) in [5.74, 6) is 1.83. The van der Waals surface area contributed by atoms with Crippen molar-refractivity contribution in [2.24, 2.45) is 11.8 Å². The monoisotopic (exact) mass is 458 g/mol. The summed E-state index contributed by atoms with van der Waals surface area (Å²) in [5, 5.41) is 4.07. The Morgan fingerprint density at radius 1 is 1.00 bits per heavy atom. The van der Waals surface area contributed by atoms with Crippen molar-refractivity contribution in [1.29, 1.82) is 0 Å². The van der Waals surface area contributed by atoms with Gasteiger partial charge in [0.15, 0.2) is 0 Å². The van der Waals surface area contributed by atoms with E-state index < -0.39 is 0 Å². The van der Waals surface area contributed by atoms with Crippen LogP contribution in [0, 0.1) is 11.8 Å². The van der Waals surface area contributed by atoms with Gasteiger partial charge in [0.05, 0.1) is 6.42 Å². The number of hydrogen-bond acceptors (Lipinski definition) is 3. The number of halogens is 1. The maximum absolute atomic E-state index is 13.7. The van der Waals surface area contributed by atoms with E-state index in [1.807, 2.05) is 12.1 Å². The summed E-state index contributed by atoms with van der Waals surface area (Å²) in [6.45, 7) is 4.44. The Morgan fingerprint density at radius 3 is 2.61 bits per heavy atom. The summed E-state index contributed by atoms with van der Waals surface area (Å²) in [6.07, 6.45) is 12.5. The molecule has 0 spiro atoms. The number of carbonyl (C=O) groups is 1. The largest absolute Gasteiger partial charge is 0.338 e. The average Bonchev–Trinajstić information content (AvgIpc) is 3.44. The van der Waals surface area contributed by atoms with Crippen molar-refractivity contribution >= 4 is 38.9 Å². The summed E-state index contributed by atoms with van der Waals surface area (Å²) in [6, 6.07) is 6.44. The lowest BCUT2D eigenvalue weighted by Crippen LogP contribution is -2.55. The average molecular weight is 459 g/mol. The summed E-state index contributed by atoms with van der Waals surface area (Å²) >= 11 is 7.98. The molecule has 0 N–H and O–H groups in total. The minimum atomic E-state index is 0.324. The first-order valence-electron chi connectivity index (χ1n) is 12.4. The van der Waals surface area contributed by atoms with Gasteiger partial charge in [0.1, 0.15) is 0 Å². The van der Waals surface area contributed by atoms with Crippen molar-refractivity contribution in [3.8, 4) is 0 Å². The van der Waals surface area contributed by atoms with E-state index >= 15 is 0 Å². The topological polar surface area (TPSA) is 23.6 Å². The molecule has 168 valence electrons. The maximum atomic E-state index is 13.7. The van der Waals surface area contributed by atoms with Gasteiger partial charge < -0.3 is 9.80 Å². The number of piperidine rings is 1. The minimum absolute atomic E-state index is 0.324. The third kappa shape index (κ3) is 4.82. The van der Waals surface area contributed by atoms with Crippen LogP contribution in [0.1, 0.15) is 63.4 Å². The van der Waals surface area contributed by atoms with Crippen molar-refractivity contribution in [3.05, 3.63) is 34.2 Å². The lowest BCUT2D eigenvalue weighted by Gasteiger charge is -2.47. The standard InChI is InChI=1S/C26H35ClN2OS/c27-21-10-11-25-23(16-21)20(18-31-25)15-26(30)29-14-6-9-22(19-7-2-1-3-8-19)24(29)17-28-12-4-5-13-28/h10-11,16,18-19,22,24H,1-9,12-15,17H2/t22-,24+/m1/s1. The number of nitrogens with zero attached hydrogens (tertiary/aromatic N) is 2. The van der Waals surface area contributed by atoms with Gasteiger partial charge in [-0.05, 0) is 85.1 Å². The molecule has 0 radical (unpaired) electrons. The highest BCUT2D eigenvalue weighted by Crippen LogP contribution is 2.39. The van der Waals surface area contributed by atoms with Gasteiger partial charge in [0.25, 0.3) is 0 Å². The van der Waals surface area contributed by atoms with E-state index in [1.165, 1.54) is 75.6 Å². The maximum Gasteiger partial charge on any atom is 0.227 e. The molecule has 1 aromatic carbocycles. The Hall–Kier alpha value is -1.10. The van der Waals surface area contributed by atoms with Gasteiger partial charge in [-0.25, -0.2) is 0 Å². The van der Waals surface area contributed by atoms with Gasteiger partial charge in [0.2, 0.25) is 5.91 Å². The molecule has 0 unspecified atom stereocenters. The number of thiophene rings is 1. The van der Waals surface area contributed by atoms with Gasteiger partial charge in [-0.3, -0.25) is 4.79 Å². The Labute approximate surface area is 195 Å². The van der Waals surface area contributed by atoms with Gasteiger partial charge in [-0.2, -0.15) is 0 Å². The zero-order valence-corrected chi connectivity index (χ0v) is 20.1. The fourth-order valence-corrected chi connectivity index (χ4v) is 7.54. The number of likely N-dealkylation sites (tertiary alicyclic amines) is 2. The fraction of sp³-hybridized carbons (Fsp3) is 0.654. The molecular formula is C26H35ClN2OS. The van der Waals surface area contributed by atoms with Crippen LogP contribution >= 0.6 is 22.9 Å². The normalized spacial score (nSPS) is 26.0. The molecule has 5 heteroatoms. The summed E-state index contributed by atoms with van der Waals surface area (Å²) in [4.78, 5) is 18.6. The number of carbonyl (C=O) groups excluding carboxylic acids is 1. The van der Waals surface area contributed by atoms with Crippen molar-refractivity contribution in [1.82, 2.24) is 9.80 Å². The van der Waals surface area contributed by atoms with Crippen molar-refractivity contribution < 1.29 is 4.79 Å². The molecule has 2 aromatic rings. The predicted octanol–water partition coefficient (Wildman–Crippen LogP) is 6.38. The smallest absolute Gasteiger partial charge is 0.227 e. The Morgan fingerprint density at radius 2 is 1.81 bits per heavy atom. The van der Waals surface area contributed by atoms with Gasteiger partial charge in [0, 0.05) is 28.9 Å². The number of hydrogen-bond donors (Lipinski definition) is 0. The zero-order chi connectivity index (χ0) is 21.2. The van der Waals surface area contributed by atoms with E-state index in [2.05, 4.69) is 21.2 Å². The van der Waals surface area contributed by atoms with Crippen LogP contribution in [0.3, 0.4) is 0 Å². The third-order valence-corrected chi connectivity index (χ3v) is 9.26. The highest BCUT2D eigenvalue weighted by molar-refractivity contribution is 7.17. The molecule has 2 atom stereocenters. The number of amides is 1. The predicted molar refractivity (Wildman–Crippen MR) is 131 cm³/mol. The van der Waals surface area contributed by atoms with Crippen LogP contribution < -0.4 is 0 Å². The molecule has 5 rings (SSSR count). The fourth-order valence-electron chi connectivity index (χ4n) is 6.43. The van der Waals surface area contributed by atoms with E-state index in [-0.39, 0.29) is 0 Å². The molecule has 3 nitrogen and oxygen atoms in total. The van der Waals surface area contributed by atoms with Gasteiger partial charge >= 0.3 is 0 Å². The van der Waals surface area contributed by atoms with Gasteiger partial charge in [-0.15, -0.1) is 11.3 Å². The molecular weight excluding hydrogens is 424 g/mol.